The van der Waals surface area contributed by atoms with Crippen molar-refractivity contribution in [3.05, 3.63) is 71.8 Å². The molecule has 0 saturated heterocycles. The molecule has 0 unspecified atom stereocenters. The number of rotatable bonds is 5. The first kappa shape index (κ1) is 13.1. The van der Waals surface area contributed by atoms with Crippen molar-refractivity contribution in [3.8, 4) is 5.75 Å². The molecule has 2 nitrogen and oxygen atoms in total. The first-order valence-electron chi connectivity index (χ1n) is 6.30. The highest BCUT2D eigenvalue weighted by Gasteiger charge is 1.99. The molecule has 0 N–H and O–H groups in total. The molecule has 2 rings (SSSR count). The highest BCUT2D eigenvalue weighted by molar-refractivity contribution is 6.06. The minimum absolute atomic E-state index is 0.00223. The van der Waals surface area contributed by atoms with Crippen molar-refractivity contribution in [2.24, 2.45) is 0 Å². The summed E-state index contributed by atoms with van der Waals surface area (Å²) in [6.45, 7) is 2.58. The molecule has 0 aliphatic rings. The first-order chi connectivity index (χ1) is 9.29. The van der Waals surface area contributed by atoms with Gasteiger partial charge < -0.3 is 4.74 Å². The fraction of sp³-hybridized carbons (Fsp3) is 0.118. The molecule has 0 aliphatic carbocycles. The molecule has 0 heterocycles. The standard InChI is InChI=1S/C17H16O2/c1-2-19-16-10-6-7-14(13-16)11-12-17(18)15-8-4-3-5-9-15/h3-13H,2H2,1H3/b12-11-. The number of ether oxygens (including phenoxy) is 1. The predicted molar refractivity (Wildman–Crippen MR) is 77.4 cm³/mol. The number of ketones is 1. The first-order valence-corrected chi connectivity index (χ1v) is 6.30. The highest BCUT2D eigenvalue weighted by atomic mass is 16.5. The number of allylic oxidation sites excluding steroid dienone is 1. The van der Waals surface area contributed by atoms with Gasteiger partial charge in [-0.25, -0.2) is 0 Å². The molecule has 2 heteroatoms. The summed E-state index contributed by atoms with van der Waals surface area (Å²) in [5.74, 6) is 0.819. The molecule has 0 fully saturated rings. The third-order valence-electron chi connectivity index (χ3n) is 2.65. The van der Waals surface area contributed by atoms with Crippen LogP contribution in [0.25, 0.3) is 6.08 Å². The summed E-state index contributed by atoms with van der Waals surface area (Å²) in [4.78, 5) is 11.9. The van der Waals surface area contributed by atoms with Gasteiger partial charge in [0, 0.05) is 5.56 Å². The van der Waals surface area contributed by atoms with Crippen LogP contribution in [0.5, 0.6) is 5.75 Å². The van der Waals surface area contributed by atoms with Crippen molar-refractivity contribution in [1.82, 2.24) is 0 Å². The second-order valence-corrected chi connectivity index (χ2v) is 4.07. The quantitative estimate of drug-likeness (QED) is 0.594. The van der Waals surface area contributed by atoms with Crippen molar-refractivity contribution in [3.63, 3.8) is 0 Å². The van der Waals surface area contributed by atoms with E-state index >= 15 is 0 Å². The minimum Gasteiger partial charge on any atom is -0.494 e. The fourth-order valence-corrected chi connectivity index (χ4v) is 1.75. The largest absolute Gasteiger partial charge is 0.494 e. The van der Waals surface area contributed by atoms with E-state index < -0.39 is 0 Å². The van der Waals surface area contributed by atoms with Crippen LogP contribution in [0.15, 0.2) is 60.7 Å². The van der Waals surface area contributed by atoms with E-state index in [4.69, 9.17) is 4.74 Å². The van der Waals surface area contributed by atoms with Crippen molar-refractivity contribution in [2.75, 3.05) is 6.61 Å². The Morgan fingerprint density at radius 1 is 1.11 bits per heavy atom. The van der Waals surface area contributed by atoms with E-state index in [2.05, 4.69) is 0 Å². The third-order valence-corrected chi connectivity index (χ3v) is 2.65. The number of carbonyl (C=O) groups excluding carboxylic acids is 1. The average Bonchev–Trinajstić information content (AvgIpc) is 2.46. The Balaban J connectivity index is 2.10. The lowest BCUT2D eigenvalue weighted by molar-refractivity contribution is 0.104. The monoisotopic (exact) mass is 252 g/mol. The Kier molecular flexibility index (Phi) is 4.51. The lowest BCUT2D eigenvalue weighted by atomic mass is 10.1. The Morgan fingerprint density at radius 2 is 1.89 bits per heavy atom. The smallest absolute Gasteiger partial charge is 0.185 e. The van der Waals surface area contributed by atoms with E-state index in [1.54, 1.807) is 12.2 Å². The zero-order valence-corrected chi connectivity index (χ0v) is 10.9. The number of hydrogen-bond acceptors (Lipinski definition) is 2. The molecule has 0 bridgehead atoms. The maximum absolute atomic E-state index is 11.9. The van der Waals surface area contributed by atoms with Gasteiger partial charge >= 0.3 is 0 Å². The van der Waals surface area contributed by atoms with Gasteiger partial charge in [-0.2, -0.15) is 0 Å². The summed E-state index contributed by atoms with van der Waals surface area (Å²) in [5, 5.41) is 0. The highest BCUT2D eigenvalue weighted by Crippen LogP contribution is 2.14. The van der Waals surface area contributed by atoms with E-state index in [-0.39, 0.29) is 5.78 Å². The molecule has 0 saturated carbocycles. The lowest BCUT2D eigenvalue weighted by Crippen LogP contribution is -1.93. The van der Waals surface area contributed by atoms with Crippen LogP contribution in [-0.4, -0.2) is 12.4 Å². The van der Waals surface area contributed by atoms with Crippen molar-refractivity contribution >= 4 is 11.9 Å². The maximum atomic E-state index is 11.9. The van der Waals surface area contributed by atoms with E-state index in [9.17, 15) is 4.79 Å². The van der Waals surface area contributed by atoms with Crippen LogP contribution >= 0.6 is 0 Å². The Morgan fingerprint density at radius 3 is 2.63 bits per heavy atom. The van der Waals surface area contributed by atoms with Gasteiger partial charge in [-0.05, 0) is 30.7 Å². The normalized spacial score (nSPS) is 10.6. The van der Waals surface area contributed by atoms with Gasteiger partial charge in [0.1, 0.15) is 5.75 Å². The molecule has 96 valence electrons. The molecule has 0 amide bonds. The van der Waals surface area contributed by atoms with Gasteiger partial charge in [0.15, 0.2) is 5.78 Å². The average molecular weight is 252 g/mol. The van der Waals surface area contributed by atoms with E-state index in [0.29, 0.717) is 12.2 Å². The molecule has 0 atom stereocenters. The fourth-order valence-electron chi connectivity index (χ4n) is 1.75. The topological polar surface area (TPSA) is 26.3 Å². The molecule has 0 radical (unpaired) electrons. The van der Waals surface area contributed by atoms with Gasteiger partial charge in [-0.15, -0.1) is 0 Å². The number of hydrogen-bond donors (Lipinski definition) is 0. The third kappa shape index (κ3) is 3.81. The number of carbonyl (C=O) groups is 1. The Bertz CT molecular complexity index is 571. The van der Waals surface area contributed by atoms with Crippen LogP contribution in [0, 0.1) is 0 Å². The zero-order chi connectivity index (χ0) is 13.5. The van der Waals surface area contributed by atoms with Crippen molar-refractivity contribution in [1.29, 1.82) is 0 Å². The maximum Gasteiger partial charge on any atom is 0.185 e. The summed E-state index contributed by atoms with van der Waals surface area (Å²) in [7, 11) is 0. The van der Waals surface area contributed by atoms with Crippen LogP contribution in [0.4, 0.5) is 0 Å². The summed E-state index contributed by atoms with van der Waals surface area (Å²) in [6, 6.07) is 16.9. The van der Waals surface area contributed by atoms with E-state index in [1.165, 1.54) is 0 Å². The van der Waals surface area contributed by atoms with Crippen LogP contribution < -0.4 is 4.74 Å². The number of benzene rings is 2. The molecule has 0 aromatic heterocycles. The molecular formula is C17H16O2. The van der Waals surface area contributed by atoms with Gasteiger partial charge in [0.05, 0.1) is 6.61 Å². The van der Waals surface area contributed by atoms with E-state index in [1.807, 2.05) is 61.5 Å². The molecule has 2 aromatic carbocycles. The van der Waals surface area contributed by atoms with Gasteiger partial charge in [0.2, 0.25) is 0 Å². The SMILES string of the molecule is CCOc1cccc(/C=C\C(=O)c2ccccc2)c1. The second kappa shape index (κ2) is 6.55. The molecule has 2 aromatic rings. The predicted octanol–water partition coefficient (Wildman–Crippen LogP) is 3.98. The Labute approximate surface area is 113 Å². The van der Waals surface area contributed by atoms with Crippen LogP contribution in [0.3, 0.4) is 0 Å². The molecule has 0 aliphatic heterocycles. The van der Waals surface area contributed by atoms with Crippen LogP contribution in [-0.2, 0) is 0 Å². The second-order valence-electron chi connectivity index (χ2n) is 4.07. The molecular weight excluding hydrogens is 236 g/mol. The van der Waals surface area contributed by atoms with Gasteiger partial charge in [-0.3, -0.25) is 4.79 Å². The summed E-state index contributed by atoms with van der Waals surface area (Å²) in [6.07, 6.45) is 3.39. The van der Waals surface area contributed by atoms with Crippen LogP contribution in [0.1, 0.15) is 22.8 Å². The lowest BCUT2D eigenvalue weighted by Gasteiger charge is -2.03. The van der Waals surface area contributed by atoms with Gasteiger partial charge in [0.25, 0.3) is 0 Å². The summed E-state index contributed by atoms with van der Waals surface area (Å²) >= 11 is 0. The van der Waals surface area contributed by atoms with Crippen LogP contribution in [0.2, 0.25) is 0 Å². The van der Waals surface area contributed by atoms with Crippen molar-refractivity contribution < 1.29 is 9.53 Å². The van der Waals surface area contributed by atoms with E-state index in [0.717, 1.165) is 11.3 Å². The Hall–Kier alpha value is -2.35. The summed E-state index contributed by atoms with van der Waals surface area (Å²) < 4.78 is 5.42. The molecule has 0 spiro atoms. The summed E-state index contributed by atoms with van der Waals surface area (Å²) in [5.41, 5.74) is 1.65. The zero-order valence-electron chi connectivity index (χ0n) is 10.9. The minimum atomic E-state index is 0.00223. The van der Waals surface area contributed by atoms with Gasteiger partial charge in [-0.1, -0.05) is 48.5 Å². The molecule has 19 heavy (non-hydrogen) atoms. The van der Waals surface area contributed by atoms with Crippen molar-refractivity contribution in [2.45, 2.75) is 6.92 Å².